The quantitative estimate of drug-likeness (QED) is 0.897. The second kappa shape index (κ2) is 6.16. The first-order valence-electron chi connectivity index (χ1n) is 7.30. The van der Waals surface area contributed by atoms with Crippen LogP contribution in [0.1, 0.15) is 32.3 Å². The van der Waals surface area contributed by atoms with Crippen molar-refractivity contribution >= 4 is 12.0 Å². The smallest absolute Gasteiger partial charge is 0.317 e. The number of carboxylic acid groups (broad SMARTS) is 1. The molecule has 1 fully saturated rings. The Kier molecular flexibility index (Phi) is 4.50. The molecule has 5 heteroatoms. The molecular weight excluding hydrogens is 268 g/mol. The molecule has 0 aromatic heterocycles. The van der Waals surface area contributed by atoms with Gasteiger partial charge < -0.3 is 15.3 Å². The van der Waals surface area contributed by atoms with Crippen molar-refractivity contribution in [3.05, 3.63) is 35.9 Å². The summed E-state index contributed by atoms with van der Waals surface area (Å²) in [4.78, 5) is 25.5. The van der Waals surface area contributed by atoms with Gasteiger partial charge in [0, 0.05) is 19.1 Å². The molecule has 1 aliphatic heterocycles. The maximum absolute atomic E-state index is 12.0. The number of nitrogens with zero attached hydrogens (tertiary/aromatic N) is 1. The summed E-state index contributed by atoms with van der Waals surface area (Å²) in [7, 11) is 0. The second-order valence-electron chi connectivity index (χ2n) is 5.84. The van der Waals surface area contributed by atoms with E-state index < -0.39 is 11.4 Å². The minimum atomic E-state index is -0.879. The molecule has 5 nitrogen and oxygen atoms in total. The van der Waals surface area contributed by atoms with Crippen LogP contribution in [0, 0.1) is 0 Å². The SMILES string of the molecule is CC(C)NC(=O)N1CCC(C(=O)O)(c2ccccc2)CC1. The Morgan fingerprint density at radius 3 is 2.24 bits per heavy atom. The molecule has 114 valence electrons. The molecule has 0 radical (unpaired) electrons. The van der Waals surface area contributed by atoms with Gasteiger partial charge in [-0.1, -0.05) is 30.3 Å². The summed E-state index contributed by atoms with van der Waals surface area (Å²) in [5.74, 6) is -0.808. The van der Waals surface area contributed by atoms with Crippen LogP contribution in [0.25, 0.3) is 0 Å². The summed E-state index contributed by atoms with van der Waals surface area (Å²) in [6.07, 6.45) is 0.885. The van der Waals surface area contributed by atoms with Gasteiger partial charge in [-0.05, 0) is 32.3 Å². The maximum atomic E-state index is 12.0. The highest BCUT2D eigenvalue weighted by molar-refractivity contribution is 5.82. The van der Waals surface area contributed by atoms with E-state index in [1.165, 1.54) is 0 Å². The van der Waals surface area contributed by atoms with Crippen LogP contribution >= 0.6 is 0 Å². The van der Waals surface area contributed by atoms with Crippen LogP contribution in [0.4, 0.5) is 4.79 Å². The van der Waals surface area contributed by atoms with Gasteiger partial charge in [0.1, 0.15) is 0 Å². The van der Waals surface area contributed by atoms with Crippen molar-refractivity contribution in [3.63, 3.8) is 0 Å². The number of aliphatic carboxylic acids is 1. The van der Waals surface area contributed by atoms with Crippen LogP contribution in [0.5, 0.6) is 0 Å². The zero-order chi connectivity index (χ0) is 15.5. The fourth-order valence-electron chi connectivity index (χ4n) is 2.81. The lowest BCUT2D eigenvalue weighted by molar-refractivity contribution is -0.145. The second-order valence-corrected chi connectivity index (χ2v) is 5.84. The number of piperidine rings is 1. The van der Waals surface area contributed by atoms with E-state index in [-0.39, 0.29) is 12.1 Å². The van der Waals surface area contributed by atoms with E-state index in [2.05, 4.69) is 5.32 Å². The van der Waals surface area contributed by atoms with Gasteiger partial charge >= 0.3 is 12.0 Å². The third kappa shape index (κ3) is 3.17. The van der Waals surface area contributed by atoms with E-state index >= 15 is 0 Å². The van der Waals surface area contributed by atoms with Gasteiger partial charge in [-0.15, -0.1) is 0 Å². The summed E-state index contributed by atoms with van der Waals surface area (Å²) in [5, 5.41) is 12.5. The first-order chi connectivity index (χ1) is 9.95. The van der Waals surface area contributed by atoms with Crippen molar-refractivity contribution in [2.45, 2.75) is 38.1 Å². The predicted molar refractivity (Wildman–Crippen MR) is 80.2 cm³/mol. The minimum absolute atomic E-state index is 0.0813. The van der Waals surface area contributed by atoms with E-state index in [1.54, 1.807) is 4.90 Å². The van der Waals surface area contributed by atoms with Crippen LogP contribution < -0.4 is 5.32 Å². The lowest BCUT2D eigenvalue weighted by Crippen LogP contribution is -2.52. The Morgan fingerprint density at radius 2 is 1.76 bits per heavy atom. The van der Waals surface area contributed by atoms with Gasteiger partial charge in [0.15, 0.2) is 0 Å². The number of amides is 2. The van der Waals surface area contributed by atoms with Crippen molar-refractivity contribution in [2.75, 3.05) is 13.1 Å². The average molecular weight is 290 g/mol. The number of likely N-dealkylation sites (tertiary alicyclic amines) is 1. The number of carbonyl (C=O) groups is 2. The van der Waals surface area contributed by atoms with Gasteiger partial charge in [0.25, 0.3) is 0 Å². The molecular formula is C16H22N2O3. The molecule has 2 N–H and O–H groups in total. The van der Waals surface area contributed by atoms with E-state index in [9.17, 15) is 14.7 Å². The lowest BCUT2D eigenvalue weighted by Gasteiger charge is -2.39. The zero-order valence-corrected chi connectivity index (χ0v) is 12.5. The molecule has 1 aliphatic rings. The fourth-order valence-corrected chi connectivity index (χ4v) is 2.81. The summed E-state index contributed by atoms with van der Waals surface area (Å²) in [6, 6.07) is 9.28. The van der Waals surface area contributed by atoms with Crippen molar-refractivity contribution in [1.29, 1.82) is 0 Å². The molecule has 0 spiro atoms. The third-order valence-electron chi connectivity index (χ3n) is 4.05. The lowest BCUT2D eigenvalue weighted by atomic mass is 9.73. The van der Waals surface area contributed by atoms with E-state index in [0.717, 1.165) is 5.56 Å². The molecule has 2 rings (SSSR count). The molecule has 0 unspecified atom stereocenters. The fraction of sp³-hybridized carbons (Fsp3) is 0.500. The van der Waals surface area contributed by atoms with Crippen molar-refractivity contribution in [3.8, 4) is 0 Å². The van der Waals surface area contributed by atoms with Crippen molar-refractivity contribution in [2.24, 2.45) is 0 Å². The molecule has 0 atom stereocenters. The largest absolute Gasteiger partial charge is 0.481 e. The van der Waals surface area contributed by atoms with Gasteiger partial charge in [-0.25, -0.2) is 4.79 Å². The highest BCUT2D eigenvalue weighted by Gasteiger charge is 2.43. The number of rotatable bonds is 3. The summed E-state index contributed by atoms with van der Waals surface area (Å²) in [5.41, 5.74) is -0.0583. The Hall–Kier alpha value is -2.04. The maximum Gasteiger partial charge on any atom is 0.317 e. The number of benzene rings is 1. The number of urea groups is 1. The number of hydrogen-bond donors (Lipinski definition) is 2. The van der Waals surface area contributed by atoms with Gasteiger partial charge in [0.05, 0.1) is 5.41 Å². The van der Waals surface area contributed by atoms with Gasteiger partial charge in [0.2, 0.25) is 0 Å². The Bertz CT molecular complexity index is 506. The molecule has 1 aromatic rings. The highest BCUT2D eigenvalue weighted by atomic mass is 16.4. The Labute approximate surface area is 125 Å². The molecule has 0 bridgehead atoms. The monoisotopic (exact) mass is 290 g/mol. The summed E-state index contributed by atoms with van der Waals surface area (Å²) in [6.45, 7) is 4.74. The van der Waals surface area contributed by atoms with Gasteiger partial charge in [-0.2, -0.15) is 0 Å². The zero-order valence-electron chi connectivity index (χ0n) is 12.5. The molecule has 1 saturated heterocycles. The van der Waals surface area contributed by atoms with Crippen LogP contribution in [0.3, 0.4) is 0 Å². The van der Waals surface area contributed by atoms with E-state index in [0.29, 0.717) is 25.9 Å². The molecule has 1 aromatic carbocycles. The minimum Gasteiger partial charge on any atom is -0.481 e. The summed E-state index contributed by atoms with van der Waals surface area (Å²) >= 11 is 0. The van der Waals surface area contributed by atoms with Crippen LogP contribution in [0.15, 0.2) is 30.3 Å². The van der Waals surface area contributed by atoms with Gasteiger partial charge in [-0.3, -0.25) is 4.79 Å². The molecule has 1 heterocycles. The standard InChI is InChI=1S/C16H22N2O3/c1-12(2)17-15(21)18-10-8-16(9-11-18,14(19)20)13-6-4-3-5-7-13/h3-7,12H,8-11H2,1-2H3,(H,17,21)(H,19,20). The van der Waals surface area contributed by atoms with E-state index in [1.807, 2.05) is 44.2 Å². The molecule has 0 aliphatic carbocycles. The normalized spacial score (nSPS) is 17.6. The molecule has 0 saturated carbocycles. The third-order valence-corrected chi connectivity index (χ3v) is 4.05. The Balaban J connectivity index is 2.12. The van der Waals surface area contributed by atoms with E-state index in [4.69, 9.17) is 0 Å². The van der Waals surface area contributed by atoms with Crippen molar-refractivity contribution in [1.82, 2.24) is 10.2 Å². The number of nitrogens with one attached hydrogen (secondary N) is 1. The molecule has 21 heavy (non-hydrogen) atoms. The first-order valence-corrected chi connectivity index (χ1v) is 7.30. The number of hydrogen-bond acceptors (Lipinski definition) is 2. The summed E-state index contributed by atoms with van der Waals surface area (Å²) < 4.78 is 0. The Morgan fingerprint density at radius 1 is 1.19 bits per heavy atom. The van der Waals surface area contributed by atoms with Crippen LogP contribution in [-0.2, 0) is 10.2 Å². The number of carbonyl (C=O) groups excluding carboxylic acids is 1. The average Bonchev–Trinajstić information content (AvgIpc) is 2.47. The van der Waals surface area contributed by atoms with Crippen LogP contribution in [-0.4, -0.2) is 41.1 Å². The van der Waals surface area contributed by atoms with Crippen molar-refractivity contribution < 1.29 is 14.7 Å². The molecule has 2 amide bonds. The number of carboxylic acids is 1. The predicted octanol–water partition coefficient (Wildman–Crippen LogP) is 2.22. The topological polar surface area (TPSA) is 69.6 Å². The van der Waals surface area contributed by atoms with Crippen LogP contribution in [0.2, 0.25) is 0 Å². The highest BCUT2D eigenvalue weighted by Crippen LogP contribution is 2.35. The first kappa shape index (κ1) is 15.4.